The lowest BCUT2D eigenvalue weighted by Gasteiger charge is -2.52. The molecule has 3 atom stereocenters. The van der Waals surface area contributed by atoms with Gasteiger partial charge in [-0.3, -0.25) is 0 Å². The zero-order valence-corrected chi connectivity index (χ0v) is 16.3. The van der Waals surface area contributed by atoms with E-state index in [0.717, 1.165) is 32.1 Å². The van der Waals surface area contributed by atoms with Gasteiger partial charge in [-0.25, -0.2) is 8.42 Å². The fourth-order valence-electron chi connectivity index (χ4n) is 4.95. The number of rotatable bonds is 4. The molecule has 1 saturated carbocycles. The number of hydrogen-bond donors (Lipinski definition) is 1. The van der Waals surface area contributed by atoms with E-state index in [4.69, 9.17) is 0 Å². The van der Waals surface area contributed by atoms with Gasteiger partial charge in [0.1, 0.15) is 0 Å². The van der Waals surface area contributed by atoms with Crippen molar-refractivity contribution in [3.63, 3.8) is 0 Å². The van der Waals surface area contributed by atoms with Crippen molar-refractivity contribution in [1.29, 1.82) is 0 Å². The number of aliphatic hydroxyl groups is 1. The first-order chi connectivity index (χ1) is 13.0. The van der Waals surface area contributed by atoms with Gasteiger partial charge < -0.3 is 5.11 Å². The summed E-state index contributed by atoms with van der Waals surface area (Å²) in [4.78, 5) is 0.370. The Hall–Kier alpha value is -1.69. The third kappa shape index (κ3) is 3.68. The Morgan fingerprint density at radius 3 is 2.37 bits per heavy atom. The second-order valence-corrected chi connectivity index (χ2v) is 10.0. The van der Waals surface area contributed by atoms with Crippen LogP contribution < -0.4 is 0 Å². The van der Waals surface area contributed by atoms with E-state index in [0.29, 0.717) is 23.9 Å². The monoisotopic (exact) mass is 385 g/mol. The van der Waals surface area contributed by atoms with Crippen LogP contribution in [0.15, 0.2) is 65.6 Å². The minimum Gasteiger partial charge on any atom is -0.393 e. The van der Waals surface area contributed by atoms with Crippen molar-refractivity contribution in [2.75, 3.05) is 13.1 Å². The number of nitrogens with zero attached hydrogens (tertiary/aromatic N) is 1. The lowest BCUT2D eigenvalue weighted by molar-refractivity contribution is -0.0290. The first-order valence-electron chi connectivity index (χ1n) is 9.77. The van der Waals surface area contributed by atoms with E-state index in [1.807, 2.05) is 24.3 Å². The van der Waals surface area contributed by atoms with E-state index in [2.05, 4.69) is 12.1 Å². The van der Waals surface area contributed by atoms with Crippen molar-refractivity contribution in [3.8, 4) is 0 Å². The Labute approximate surface area is 161 Å². The predicted molar refractivity (Wildman–Crippen MR) is 106 cm³/mol. The lowest BCUT2D eigenvalue weighted by atomic mass is 9.60. The van der Waals surface area contributed by atoms with Gasteiger partial charge in [0.15, 0.2) is 0 Å². The van der Waals surface area contributed by atoms with Crippen LogP contribution >= 0.6 is 0 Å². The molecular weight excluding hydrogens is 358 g/mol. The zero-order valence-electron chi connectivity index (χ0n) is 15.5. The van der Waals surface area contributed by atoms with Gasteiger partial charge in [0.2, 0.25) is 10.0 Å². The van der Waals surface area contributed by atoms with Gasteiger partial charge in [0, 0.05) is 13.1 Å². The summed E-state index contributed by atoms with van der Waals surface area (Å²) in [6.07, 6.45) is 3.83. The summed E-state index contributed by atoms with van der Waals surface area (Å²) >= 11 is 0. The van der Waals surface area contributed by atoms with E-state index in [-0.39, 0.29) is 11.5 Å². The van der Waals surface area contributed by atoms with Gasteiger partial charge >= 0.3 is 0 Å². The van der Waals surface area contributed by atoms with Crippen molar-refractivity contribution >= 4 is 10.0 Å². The molecule has 2 aliphatic rings. The highest BCUT2D eigenvalue weighted by Gasteiger charge is 2.48. The Balaban J connectivity index is 1.65. The average Bonchev–Trinajstić information content (AvgIpc) is 2.69. The second-order valence-electron chi connectivity index (χ2n) is 8.09. The summed E-state index contributed by atoms with van der Waals surface area (Å²) < 4.78 is 28.1. The average molecular weight is 386 g/mol. The molecule has 2 aromatic carbocycles. The van der Waals surface area contributed by atoms with Crippen LogP contribution in [-0.4, -0.2) is 37.0 Å². The second kappa shape index (κ2) is 7.38. The molecular formula is C22H27NO3S. The standard InChI is InChI=1S/C22H27NO3S/c24-20-11-13-22(16-18-7-3-1-4-8-18)17-23(14-12-19(22)15-20)27(25,26)21-9-5-2-6-10-21/h1-10,19-20,24H,11-17H2. The molecule has 0 amide bonds. The minimum absolute atomic E-state index is 0.0965. The Morgan fingerprint density at radius 2 is 1.67 bits per heavy atom. The Morgan fingerprint density at radius 1 is 1.00 bits per heavy atom. The van der Waals surface area contributed by atoms with Gasteiger partial charge in [-0.1, -0.05) is 48.5 Å². The molecule has 144 valence electrons. The maximum Gasteiger partial charge on any atom is 0.243 e. The summed E-state index contributed by atoms with van der Waals surface area (Å²) in [5.41, 5.74) is 1.15. The predicted octanol–water partition coefficient (Wildman–Crippen LogP) is 3.47. The molecule has 2 fully saturated rings. The van der Waals surface area contributed by atoms with Crippen molar-refractivity contribution in [2.24, 2.45) is 11.3 Å². The SMILES string of the molecule is O=S(=O)(c1ccccc1)N1CCC2CC(O)CCC2(Cc2ccccc2)C1. The van der Waals surface area contributed by atoms with E-state index in [9.17, 15) is 13.5 Å². The van der Waals surface area contributed by atoms with E-state index in [1.165, 1.54) is 5.56 Å². The molecule has 1 heterocycles. The quantitative estimate of drug-likeness (QED) is 0.877. The highest BCUT2D eigenvalue weighted by Crippen LogP contribution is 2.49. The fourth-order valence-corrected chi connectivity index (χ4v) is 6.53. The van der Waals surface area contributed by atoms with Gasteiger partial charge in [-0.05, 0) is 61.1 Å². The maximum atomic E-state index is 13.2. The summed E-state index contributed by atoms with van der Waals surface area (Å²) in [5.74, 6) is 0.365. The molecule has 4 rings (SSSR count). The molecule has 1 saturated heterocycles. The van der Waals surface area contributed by atoms with Crippen molar-refractivity contribution in [3.05, 3.63) is 66.2 Å². The van der Waals surface area contributed by atoms with Crippen molar-refractivity contribution in [1.82, 2.24) is 4.31 Å². The van der Waals surface area contributed by atoms with Crippen LogP contribution in [-0.2, 0) is 16.4 Å². The molecule has 2 aromatic rings. The molecule has 27 heavy (non-hydrogen) atoms. The largest absolute Gasteiger partial charge is 0.393 e. The third-order valence-corrected chi connectivity index (χ3v) is 8.26. The van der Waals surface area contributed by atoms with Gasteiger partial charge in [-0.2, -0.15) is 4.31 Å². The van der Waals surface area contributed by atoms with Crippen LogP contribution in [0.25, 0.3) is 0 Å². The number of piperidine rings is 1. The Bertz CT molecular complexity index is 869. The van der Waals surface area contributed by atoms with E-state index in [1.54, 1.807) is 28.6 Å². The number of sulfonamides is 1. The highest BCUT2D eigenvalue weighted by atomic mass is 32.2. The molecule has 1 N–H and O–H groups in total. The summed E-state index contributed by atoms with van der Waals surface area (Å²) in [5, 5.41) is 10.2. The van der Waals surface area contributed by atoms with Gasteiger partial charge in [0.25, 0.3) is 0 Å². The Kier molecular flexibility index (Phi) is 5.10. The van der Waals surface area contributed by atoms with E-state index >= 15 is 0 Å². The molecule has 1 aliphatic carbocycles. The topological polar surface area (TPSA) is 57.6 Å². The lowest BCUT2D eigenvalue weighted by Crippen LogP contribution is -2.54. The van der Waals surface area contributed by atoms with Crippen LogP contribution in [0.2, 0.25) is 0 Å². The van der Waals surface area contributed by atoms with Crippen molar-refractivity contribution < 1.29 is 13.5 Å². The number of hydrogen-bond acceptors (Lipinski definition) is 3. The van der Waals surface area contributed by atoms with Crippen LogP contribution in [0, 0.1) is 11.3 Å². The summed E-state index contributed by atoms with van der Waals surface area (Å²) in [6.45, 7) is 1.07. The first-order valence-corrected chi connectivity index (χ1v) is 11.2. The highest BCUT2D eigenvalue weighted by molar-refractivity contribution is 7.89. The smallest absolute Gasteiger partial charge is 0.243 e. The molecule has 1 aliphatic heterocycles. The summed E-state index contributed by atoms with van der Waals surface area (Å²) in [7, 11) is -3.49. The number of aliphatic hydroxyl groups excluding tert-OH is 1. The maximum absolute atomic E-state index is 13.2. The number of benzene rings is 2. The molecule has 0 bridgehead atoms. The van der Waals surface area contributed by atoms with E-state index < -0.39 is 10.0 Å². The van der Waals surface area contributed by atoms with Gasteiger partial charge in [-0.15, -0.1) is 0 Å². The van der Waals surface area contributed by atoms with Crippen molar-refractivity contribution in [2.45, 2.75) is 43.1 Å². The fraction of sp³-hybridized carbons (Fsp3) is 0.455. The van der Waals surface area contributed by atoms with Crippen LogP contribution in [0.5, 0.6) is 0 Å². The molecule has 0 spiro atoms. The van der Waals surface area contributed by atoms with Gasteiger partial charge in [0.05, 0.1) is 11.0 Å². The number of fused-ring (bicyclic) bond motifs is 1. The molecule has 3 unspecified atom stereocenters. The molecule has 5 heteroatoms. The molecule has 4 nitrogen and oxygen atoms in total. The summed E-state index contributed by atoms with van der Waals surface area (Å²) in [6, 6.07) is 19.1. The molecule has 0 radical (unpaired) electrons. The zero-order chi connectivity index (χ0) is 18.9. The molecule has 0 aromatic heterocycles. The van der Waals surface area contributed by atoms with Crippen LogP contribution in [0.3, 0.4) is 0 Å². The normalized spacial score (nSPS) is 29.2. The first kappa shape index (κ1) is 18.7. The third-order valence-electron chi connectivity index (χ3n) is 6.40. The minimum atomic E-state index is -3.49. The van der Waals surface area contributed by atoms with Crippen LogP contribution in [0.1, 0.15) is 31.2 Å². The van der Waals surface area contributed by atoms with Crippen LogP contribution in [0.4, 0.5) is 0 Å².